The van der Waals surface area contributed by atoms with Crippen LogP contribution in [0, 0.1) is 0 Å². The molecule has 0 N–H and O–H groups in total. The molecule has 19 aromatic rings. The number of nitrogens with zero attached hydrogens (tertiary/aromatic N) is 6. The van der Waals surface area contributed by atoms with Crippen molar-refractivity contribution in [1.29, 1.82) is 0 Å². The van der Waals surface area contributed by atoms with Crippen LogP contribution in [-0.2, 0) is 16.2 Å². The fraction of sp³-hybridized carbons (Fsp3) is 0.0826. The molecule has 115 heavy (non-hydrogen) atoms. The van der Waals surface area contributed by atoms with Gasteiger partial charge in [0.25, 0.3) is 0 Å². The maximum Gasteiger partial charge on any atom is 0.0759 e. The van der Waals surface area contributed by atoms with Crippen LogP contribution in [0.15, 0.2) is 377 Å². The van der Waals surface area contributed by atoms with Crippen molar-refractivity contribution < 1.29 is 0 Å². The number of fused-ring (bicyclic) bond motifs is 13. The van der Waals surface area contributed by atoms with E-state index in [-0.39, 0.29) is 16.2 Å². The fourth-order valence-electron chi connectivity index (χ4n) is 18.4. The summed E-state index contributed by atoms with van der Waals surface area (Å²) in [6.45, 7) is 14.0. The van der Waals surface area contributed by atoms with Crippen LogP contribution in [0.25, 0.3) is 178 Å². The normalized spacial score (nSPS) is 13.3. The highest BCUT2D eigenvalue weighted by molar-refractivity contribution is 6.06. The van der Waals surface area contributed by atoms with E-state index in [4.69, 9.17) is 15.0 Å². The molecular formula is C109H80N6. The molecule has 3 aliphatic carbocycles. The number of hydrogen-bond donors (Lipinski definition) is 0. The van der Waals surface area contributed by atoms with Crippen LogP contribution in [-0.4, -0.2) is 29.9 Å². The van der Waals surface area contributed by atoms with E-state index in [0.717, 1.165) is 55.7 Å². The zero-order valence-electron chi connectivity index (χ0n) is 65.0. The third-order valence-corrected chi connectivity index (χ3v) is 24.2. The smallest absolute Gasteiger partial charge is 0.0759 e. The Labute approximate surface area is 671 Å². The molecule has 546 valence electrons. The van der Waals surface area contributed by atoms with E-state index in [1.165, 1.54) is 155 Å². The van der Waals surface area contributed by atoms with Gasteiger partial charge in [-0.3, -0.25) is 15.0 Å². The molecule has 6 nitrogen and oxygen atoms in total. The molecule has 13 aromatic carbocycles. The molecule has 0 fully saturated rings. The largest absolute Gasteiger partial charge is 0.265 e. The molecule has 0 unspecified atom stereocenters. The van der Waals surface area contributed by atoms with Gasteiger partial charge in [0.05, 0.1) is 39.1 Å². The summed E-state index contributed by atoms with van der Waals surface area (Å²) in [4.78, 5) is 28.5. The highest BCUT2D eigenvalue weighted by Gasteiger charge is 2.42. The molecule has 0 saturated heterocycles. The van der Waals surface area contributed by atoms with Gasteiger partial charge in [-0.25, -0.2) is 15.0 Å². The predicted octanol–water partition coefficient (Wildman–Crippen LogP) is 28.0. The highest BCUT2D eigenvalue weighted by Crippen LogP contribution is 2.57. The van der Waals surface area contributed by atoms with Crippen molar-refractivity contribution in [2.45, 2.75) is 57.8 Å². The van der Waals surface area contributed by atoms with Gasteiger partial charge in [0.15, 0.2) is 0 Å². The molecule has 0 aliphatic heterocycles. The van der Waals surface area contributed by atoms with E-state index < -0.39 is 0 Å². The second-order valence-corrected chi connectivity index (χ2v) is 32.1. The van der Waals surface area contributed by atoms with Crippen molar-refractivity contribution in [1.82, 2.24) is 29.9 Å². The quantitative estimate of drug-likeness (QED) is 0.143. The Morgan fingerprint density at radius 1 is 0.209 bits per heavy atom. The Hall–Kier alpha value is -14.2. The van der Waals surface area contributed by atoms with Gasteiger partial charge in [-0.2, -0.15) is 0 Å². The van der Waals surface area contributed by atoms with Gasteiger partial charge in [-0.15, -0.1) is 0 Å². The maximum absolute atomic E-state index is 5.19. The van der Waals surface area contributed by atoms with Crippen LogP contribution in [0.2, 0.25) is 0 Å². The summed E-state index contributed by atoms with van der Waals surface area (Å²) in [6.07, 6.45) is 9.34. The van der Waals surface area contributed by atoms with Crippen LogP contribution in [0.4, 0.5) is 0 Å². The molecule has 0 atom stereocenters. The first kappa shape index (κ1) is 70.0. The third kappa shape index (κ3) is 12.2. The molecule has 0 bridgehead atoms. The fourth-order valence-corrected chi connectivity index (χ4v) is 18.4. The lowest BCUT2D eigenvalue weighted by molar-refractivity contribution is 0.661. The molecule has 3 aliphatic rings. The van der Waals surface area contributed by atoms with Crippen molar-refractivity contribution in [3.05, 3.63) is 410 Å². The van der Waals surface area contributed by atoms with Crippen LogP contribution >= 0.6 is 0 Å². The SMILES string of the molecule is CC1(C)c2ccccc2-c2nc3ccccc3c(-c3ccc(-c4ccc(-c5cccnc5)cc4)cc3)c21.CC1(C)c2ccccc2-c2nc3ccccc3c(-c3ccc(-c4ccc(-c5ccncc5)cc4)cc3)c21.CC1(C)c2ccccc2-c2nc3ccccc3c(-c3ccc(-c4ccc(-c5cnc6ccccc6c5)cc4)cc3)c21. The molecule has 0 radical (unpaired) electrons. The highest BCUT2D eigenvalue weighted by atomic mass is 14.8. The van der Waals surface area contributed by atoms with Crippen molar-refractivity contribution in [3.8, 4) is 134 Å². The molecule has 6 aromatic heterocycles. The summed E-state index contributed by atoms with van der Waals surface area (Å²) in [6, 6.07) is 124. The third-order valence-electron chi connectivity index (χ3n) is 24.2. The Morgan fingerprint density at radius 2 is 0.496 bits per heavy atom. The first-order valence-electron chi connectivity index (χ1n) is 39.7. The number of aromatic nitrogens is 6. The van der Waals surface area contributed by atoms with Crippen LogP contribution in [0.5, 0.6) is 0 Å². The van der Waals surface area contributed by atoms with Gasteiger partial charge in [-0.1, -0.05) is 339 Å². The molecule has 0 amide bonds. The van der Waals surface area contributed by atoms with Gasteiger partial charge in [0.2, 0.25) is 0 Å². The standard InChI is InChI=1S/C39H28N2.2C35H26N2/c1-39(2)33-12-6-4-10-31(33)38-37(39)36(32-11-5-8-14-35(32)41-38)28-21-19-26(20-22-28)25-15-17-27(18-16-25)30-23-29-9-3-7-13-34(29)40-24-30;1-35(2)30-11-5-3-9-28(30)34-33(35)32(29-10-4-6-12-31(29)37-34)26-19-17-24(18-20-26)23-13-15-25(16-14-23)27-8-7-21-36-22-27;1-35(2)30-9-5-3-7-28(30)34-33(35)32(29-8-4-6-10-31(29)37-34)27-17-15-24(16-18-27)23-11-13-25(14-12-23)26-19-21-36-22-20-26/h3-24H,1-2H3;2*3-22H,1-2H3. The predicted molar refractivity (Wildman–Crippen MR) is 478 cm³/mol. The van der Waals surface area contributed by atoms with Crippen molar-refractivity contribution >= 4 is 43.6 Å². The molecule has 0 saturated carbocycles. The van der Waals surface area contributed by atoms with Gasteiger partial charge < -0.3 is 0 Å². The van der Waals surface area contributed by atoms with E-state index >= 15 is 0 Å². The summed E-state index contributed by atoms with van der Waals surface area (Å²) in [5.41, 5.74) is 40.6. The zero-order valence-corrected chi connectivity index (χ0v) is 65.0. The topological polar surface area (TPSA) is 77.3 Å². The number of benzene rings is 13. The van der Waals surface area contributed by atoms with E-state index in [2.05, 4.69) is 378 Å². The lowest BCUT2D eigenvalue weighted by Crippen LogP contribution is -2.16. The molecule has 6 heteroatoms. The number of pyridine rings is 6. The van der Waals surface area contributed by atoms with Gasteiger partial charge in [0, 0.05) is 91.0 Å². The van der Waals surface area contributed by atoms with E-state index in [9.17, 15) is 0 Å². The lowest BCUT2D eigenvalue weighted by atomic mass is 9.78. The Morgan fingerprint density at radius 3 is 0.843 bits per heavy atom. The van der Waals surface area contributed by atoms with E-state index in [0.29, 0.717) is 0 Å². The molecule has 6 heterocycles. The van der Waals surface area contributed by atoms with Crippen LogP contribution < -0.4 is 0 Å². The molecular weight excluding hydrogens is 1390 g/mol. The van der Waals surface area contributed by atoms with Gasteiger partial charge in [-0.05, 0) is 176 Å². The number of hydrogen-bond acceptors (Lipinski definition) is 6. The summed E-state index contributed by atoms with van der Waals surface area (Å²) < 4.78 is 0. The number of rotatable bonds is 9. The second kappa shape index (κ2) is 28.2. The summed E-state index contributed by atoms with van der Waals surface area (Å²) >= 11 is 0. The first-order valence-corrected chi connectivity index (χ1v) is 39.7. The van der Waals surface area contributed by atoms with Crippen molar-refractivity contribution in [2.75, 3.05) is 0 Å². The summed E-state index contributed by atoms with van der Waals surface area (Å²) in [7, 11) is 0. The minimum atomic E-state index is -0.135. The zero-order chi connectivity index (χ0) is 77.5. The summed E-state index contributed by atoms with van der Waals surface area (Å²) in [5.74, 6) is 0. The van der Waals surface area contributed by atoms with Gasteiger partial charge >= 0.3 is 0 Å². The Balaban J connectivity index is 0.000000112. The molecule has 0 spiro atoms. The lowest BCUT2D eigenvalue weighted by Gasteiger charge is -2.25. The van der Waals surface area contributed by atoms with Crippen LogP contribution in [0.3, 0.4) is 0 Å². The second-order valence-electron chi connectivity index (χ2n) is 32.1. The monoisotopic (exact) mass is 1470 g/mol. The minimum Gasteiger partial charge on any atom is -0.265 e. The number of para-hydroxylation sites is 4. The van der Waals surface area contributed by atoms with Gasteiger partial charge in [0.1, 0.15) is 0 Å². The summed E-state index contributed by atoms with van der Waals surface area (Å²) in [5, 5.41) is 4.77. The van der Waals surface area contributed by atoms with Crippen molar-refractivity contribution in [3.63, 3.8) is 0 Å². The maximum atomic E-state index is 5.19. The Kier molecular flexibility index (Phi) is 17.2. The average molecular weight is 1470 g/mol. The molecule has 22 rings (SSSR count). The minimum absolute atomic E-state index is 0.125. The van der Waals surface area contributed by atoms with E-state index in [1.807, 2.05) is 49.1 Å². The van der Waals surface area contributed by atoms with Crippen LogP contribution in [0.1, 0.15) is 74.9 Å². The average Bonchev–Trinajstić information content (AvgIpc) is 1.57. The Bertz CT molecular complexity index is 6700. The van der Waals surface area contributed by atoms with E-state index in [1.54, 1.807) is 6.20 Å². The van der Waals surface area contributed by atoms with Crippen molar-refractivity contribution in [2.24, 2.45) is 0 Å². The first-order chi connectivity index (χ1) is 56.3.